The zero-order chi connectivity index (χ0) is 21.5. The minimum Gasteiger partial charge on any atom is -0.435 e. The third kappa shape index (κ3) is 2.73. The Hall–Kier alpha value is -1.22. The van der Waals surface area contributed by atoms with Crippen LogP contribution in [0.1, 0.15) is 73.1 Å². The number of hydrogen-bond donors (Lipinski definition) is 0. The maximum absolute atomic E-state index is 12.7. The molecule has 5 rings (SSSR count). The van der Waals surface area contributed by atoms with Crippen molar-refractivity contribution in [3.05, 3.63) is 0 Å². The van der Waals surface area contributed by atoms with E-state index < -0.39 is 47.9 Å². The Kier molecular flexibility index (Phi) is 4.41. The number of ether oxygens (including phenoxy) is 4. The van der Waals surface area contributed by atoms with Crippen LogP contribution in [0.3, 0.4) is 0 Å². The van der Waals surface area contributed by atoms with Crippen LogP contribution in [0.4, 0.5) is 0 Å². The van der Waals surface area contributed by atoms with E-state index >= 15 is 0 Å². The first kappa shape index (κ1) is 20.7. The summed E-state index contributed by atoms with van der Waals surface area (Å²) in [7, 11) is 0. The number of hydrogen-bond acceptors (Lipinski definition) is 8. The molecule has 0 aromatic rings. The zero-order valence-corrected chi connectivity index (χ0v) is 18.4. The van der Waals surface area contributed by atoms with Gasteiger partial charge in [0.15, 0.2) is 0 Å². The average molecular weight is 424 g/mol. The molecule has 168 valence electrons. The molecule has 4 aliphatic heterocycles. The highest BCUT2D eigenvalue weighted by Crippen LogP contribution is 2.65. The monoisotopic (exact) mass is 424 g/mol. The van der Waals surface area contributed by atoms with Gasteiger partial charge in [0.25, 0.3) is 0 Å². The predicted octanol–water partition coefficient (Wildman–Crippen LogP) is 3.43. The molecular formula is C22H32O8. The summed E-state index contributed by atoms with van der Waals surface area (Å²) in [5.74, 6) is -4.52. The van der Waals surface area contributed by atoms with E-state index in [2.05, 4.69) is 20.8 Å². The first-order chi connectivity index (χ1) is 14.0. The molecule has 4 heterocycles. The van der Waals surface area contributed by atoms with E-state index in [1.807, 2.05) is 0 Å². The quantitative estimate of drug-likeness (QED) is 0.492. The van der Waals surface area contributed by atoms with Gasteiger partial charge in [-0.2, -0.15) is 9.78 Å². The van der Waals surface area contributed by atoms with Crippen molar-refractivity contribution in [2.45, 2.75) is 97.3 Å². The van der Waals surface area contributed by atoms with Gasteiger partial charge >= 0.3 is 11.9 Å². The normalized spacial score (nSPS) is 51.6. The maximum atomic E-state index is 12.7. The minimum atomic E-state index is -1.32. The Morgan fingerprint density at radius 3 is 2.60 bits per heavy atom. The zero-order valence-electron chi connectivity index (χ0n) is 18.4. The second-order valence-electron chi connectivity index (χ2n) is 10.9. The Balaban J connectivity index is 1.56. The molecule has 30 heavy (non-hydrogen) atoms. The van der Waals surface area contributed by atoms with Crippen molar-refractivity contribution in [1.29, 1.82) is 0 Å². The molecule has 5 aliphatic rings. The van der Waals surface area contributed by atoms with Gasteiger partial charge in [0.2, 0.25) is 24.2 Å². The number of carbonyl (C=O) groups is 2. The van der Waals surface area contributed by atoms with Gasteiger partial charge in [0.1, 0.15) is 5.92 Å². The van der Waals surface area contributed by atoms with Crippen LogP contribution in [0, 0.1) is 28.6 Å². The third-order valence-corrected chi connectivity index (χ3v) is 8.12. The van der Waals surface area contributed by atoms with E-state index in [1.165, 1.54) is 6.92 Å². The molecule has 8 atom stereocenters. The van der Waals surface area contributed by atoms with Crippen molar-refractivity contribution in [2.24, 2.45) is 28.6 Å². The average Bonchev–Trinajstić information content (AvgIpc) is 3.11. The van der Waals surface area contributed by atoms with Crippen molar-refractivity contribution in [1.82, 2.24) is 0 Å². The molecule has 1 saturated carbocycles. The summed E-state index contributed by atoms with van der Waals surface area (Å²) in [5, 5.41) is 0. The molecule has 1 spiro atoms. The number of carbonyl (C=O) groups excluding carboxylic acids is 2. The van der Waals surface area contributed by atoms with Gasteiger partial charge in [0.05, 0.1) is 5.92 Å². The first-order valence-corrected chi connectivity index (χ1v) is 11.1. The van der Waals surface area contributed by atoms with Crippen molar-refractivity contribution in [3.8, 4) is 0 Å². The summed E-state index contributed by atoms with van der Waals surface area (Å²) in [6.07, 6.45) is 3.66. The fourth-order valence-corrected chi connectivity index (χ4v) is 6.74. The summed E-state index contributed by atoms with van der Waals surface area (Å²) >= 11 is 0. The SMILES string of the molecule is CC(=O)O[C@@H]1OC2OC(=O)[C@H](C)[C@@]34OO[C@@]([C@@]5(C)CCCC(C)(C)C5)(CCC1C23)O4. The minimum absolute atomic E-state index is 0.162. The Bertz CT molecular complexity index is 766. The van der Waals surface area contributed by atoms with Crippen LogP contribution in [-0.2, 0) is 38.3 Å². The topological polar surface area (TPSA) is 89.5 Å². The largest absolute Gasteiger partial charge is 0.435 e. The fraction of sp³-hybridized carbons (Fsp3) is 0.909. The Morgan fingerprint density at radius 1 is 1.13 bits per heavy atom. The van der Waals surface area contributed by atoms with Gasteiger partial charge in [0, 0.05) is 24.7 Å². The van der Waals surface area contributed by atoms with Gasteiger partial charge in [-0.3, -0.25) is 9.59 Å². The first-order valence-electron chi connectivity index (χ1n) is 11.1. The fourth-order valence-electron chi connectivity index (χ4n) is 6.74. The van der Waals surface area contributed by atoms with Crippen LogP contribution in [0.15, 0.2) is 0 Å². The lowest BCUT2D eigenvalue weighted by Crippen LogP contribution is -2.60. The highest BCUT2D eigenvalue weighted by molar-refractivity contribution is 5.74. The second-order valence-corrected chi connectivity index (χ2v) is 10.9. The summed E-state index contributed by atoms with van der Waals surface area (Å²) in [4.78, 5) is 36.5. The van der Waals surface area contributed by atoms with E-state index in [0.717, 1.165) is 25.7 Å². The molecule has 4 saturated heterocycles. The molecule has 1 aliphatic carbocycles. The Morgan fingerprint density at radius 2 is 1.90 bits per heavy atom. The van der Waals surface area contributed by atoms with Crippen LogP contribution >= 0.6 is 0 Å². The third-order valence-electron chi connectivity index (χ3n) is 8.12. The van der Waals surface area contributed by atoms with Crippen LogP contribution in [-0.4, -0.2) is 36.1 Å². The smallest absolute Gasteiger partial charge is 0.316 e. The highest BCUT2D eigenvalue weighted by Gasteiger charge is 2.76. The van der Waals surface area contributed by atoms with E-state index in [4.69, 9.17) is 28.7 Å². The van der Waals surface area contributed by atoms with Crippen LogP contribution < -0.4 is 0 Å². The molecule has 2 bridgehead atoms. The molecule has 0 radical (unpaired) electrons. The number of rotatable bonds is 2. The van der Waals surface area contributed by atoms with Gasteiger partial charge in [-0.15, -0.1) is 0 Å². The van der Waals surface area contributed by atoms with Gasteiger partial charge < -0.3 is 18.9 Å². The van der Waals surface area contributed by atoms with Crippen LogP contribution in [0.5, 0.6) is 0 Å². The molecule has 5 fully saturated rings. The van der Waals surface area contributed by atoms with Crippen molar-refractivity contribution in [3.63, 3.8) is 0 Å². The number of esters is 2. The lowest BCUT2D eigenvalue weighted by molar-refractivity contribution is -0.400. The molecule has 0 N–H and O–H groups in total. The van der Waals surface area contributed by atoms with E-state index in [1.54, 1.807) is 6.92 Å². The van der Waals surface area contributed by atoms with Crippen molar-refractivity contribution >= 4 is 11.9 Å². The summed E-state index contributed by atoms with van der Waals surface area (Å²) in [6.45, 7) is 9.85. The van der Waals surface area contributed by atoms with Crippen molar-refractivity contribution in [2.75, 3.05) is 0 Å². The summed E-state index contributed by atoms with van der Waals surface area (Å²) < 4.78 is 23.6. The lowest BCUT2D eigenvalue weighted by Gasteiger charge is -2.50. The predicted molar refractivity (Wildman–Crippen MR) is 101 cm³/mol. The molecule has 0 aromatic carbocycles. The Labute approximate surface area is 176 Å². The van der Waals surface area contributed by atoms with Gasteiger partial charge in [-0.25, -0.2) is 0 Å². The lowest BCUT2D eigenvalue weighted by atomic mass is 9.60. The molecule has 8 nitrogen and oxygen atoms in total. The van der Waals surface area contributed by atoms with E-state index in [-0.39, 0.29) is 16.7 Å². The highest BCUT2D eigenvalue weighted by atomic mass is 17.3. The summed E-state index contributed by atoms with van der Waals surface area (Å²) in [6, 6.07) is 0. The van der Waals surface area contributed by atoms with Crippen LogP contribution in [0.2, 0.25) is 0 Å². The second kappa shape index (κ2) is 6.40. The number of fused-ring (bicyclic) bond motifs is 1. The maximum Gasteiger partial charge on any atom is 0.316 e. The van der Waals surface area contributed by atoms with Gasteiger partial charge in [-0.1, -0.05) is 27.2 Å². The van der Waals surface area contributed by atoms with E-state index in [9.17, 15) is 9.59 Å². The van der Waals surface area contributed by atoms with Crippen LogP contribution in [0.25, 0.3) is 0 Å². The van der Waals surface area contributed by atoms with Gasteiger partial charge in [-0.05, 0) is 38.0 Å². The molecule has 8 heteroatoms. The molecular weight excluding hydrogens is 392 g/mol. The summed E-state index contributed by atoms with van der Waals surface area (Å²) in [5.41, 5.74) is -0.110. The standard InChI is InChI=1S/C22H32O8/c1-12-16(24)26-18-15-14(17(27-18)25-13(2)23)7-10-21(28-22(12,15)30-29-21)20(5)9-6-8-19(3,4)11-20/h12,14-15,17-18H,6-11H2,1-5H3/t12-,14?,15?,17+,18?,20-,21+,22+/m0/s1. The molecule has 3 unspecified atom stereocenters. The van der Waals surface area contributed by atoms with Crippen molar-refractivity contribution < 1.29 is 38.3 Å². The van der Waals surface area contributed by atoms with E-state index in [0.29, 0.717) is 12.8 Å². The molecule has 0 amide bonds. The molecule has 0 aromatic heterocycles.